The van der Waals surface area contributed by atoms with Crippen molar-refractivity contribution in [2.24, 2.45) is 0 Å². The second-order valence-electron chi connectivity index (χ2n) is 11.7. The third-order valence-corrected chi connectivity index (χ3v) is 8.79. The number of hydrogen-bond acceptors (Lipinski definition) is 8. The molecular weight excluding hydrogens is 586 g/mol. The first-order valence-corrected chi connectivity index (χ1v) is 15.5. The molecule has 7 rings (SSSR count). The van der Waals surface area contributed by atoms with Crippen molar-refractivity contribution in [1.29, 1.82) is 0 Å². The van der Waals surface area contributed by atoms with Crippen molar-refractivity contribution in [3.63, 3.8) is 0 Å². The van der Waals surface area contributed by atoms with Gasteiger partial charge in [0.25, 0.3) is 0 Å². The SMILES string of the molecule is COc1ccc2c(c1)C(C(=O)N1CCOc3cc(ccc3OC)-c3nccn3-c3cc(CN4CCOCC4)cc(c3)C1)CC(=O)N2. The monoisotopic (exact) mass is 623 g/mol. The van der Waals surface area contributed by atoms with E-state index >= 15 is 0 Å². The highest BCUT2D eigenvalue weighted by atomic mass is 16.5. The molecule has 4 heterocycles. The third kappa shape index (κ3) is 6.03. The number of imidazole rings is 1. The zero-order valence-electron chi connectivity index (χ0n) is 26.0. The maximum absolute atomic E-state index is 14.5. The van der Waals surface area contributed by atoms with Crippen LogP contribution in [0.15, 0.2) is 67.0 Å². The summed E-state index contributed by atoms with van der Waals surface area (Å²) in [5.41, 5.74) is 5.31. The summed E-state index contributed by atoms with van der Waals surface area (Å²) in [4.78, 5) is 36.2. The Hall–Kier alpha value is -4.87. The maximum atomic E-state index is 14.5. The number of nitrogens with one attached hydrogen (secondary N) is 1. The maximum Gasteiger partial charge on any atom is 0.231 e. The molecule has 1 aromatic heterocycles. The second kappa shape index (κ2) is 12.9. The number of aromatic nitrogens is 2. The van der Waals surface area contributed by atoms with E-state index in [0.717, 1.165) is 53.4 Å². The van der Waals surface area contributed by atoms with Gasteiger partial charge in [-0.25, -0.2) is 4.98 Å². The molecule has 238 valence electrons. The van der Waals surface area contributed by atoms with Crippen molar-refractivity contribution >= 4 is 17.5 Å². The van der Waals surface area contributed by atoms with Gasteiger partial charge in [0.1, 0.15) is 18.2 Å². The Labute approximate surface area is 267 Å². The summed E-state index contributed by atoms with van der Waals surface area (Å²) in [6.07, 6.45) is 3.79. The summed E-state index contributed by atoms with van der Waals surface area (Å²) >= 11 is 0. The largest absolute Gasteiger partial charge is 0.497 e. The van der Waals surface area contributed by atoms with E-state index in [-0.39, 0.29) is 24.8 Å². The average molecular weight is 624 g/mol. The highest BCUT2D eigenvalue weighted by Gasteiger charge is 2.34. The van der Waals surface area contributed by atoms with Gasteiger partial charge in [0.05, 0.1) is 39.9 Å². The van der Waals surface area contributed by atoms with Gasteiger partial charge in [-0.05, 0) is 65.2 Å². The van der Waals surface area contributed by atoms with Crippen molar-refractivity contribution in [1.82, 2.24) is 19.4 Å². The summed E-state index contributed by atoms with van der Waals surface area (Å²) in [5, 5.41) is 2.91. The van der Waals surface area contributed by atoms with Crippen LogP contribution >= 0.6 is 0 Å². The Bertz CT molecular complexity index is 1760. The van der Waals surface area contributed by atoms with Crippen molar-refractivity contribution in [2.45, 2.75) is 25.4 Å². The fourth-order valence-electron chi connectivity index (χ4n) is 6.50. The van der Waals surface area contributed by atoms with Gasteiger partial charge in [0, 0.05) is 61.9 Å². The van der Waals surface area contributed by atoms with Crippen LogP contribution in [0.25, 0.3) is 17.1 Å². The summed E-state index contributed by atoms with van der Waals surface area (Å²) < 4.78 is 25.0. The Balaban J connectivity index is 1.31. The highest BCUT2D eigenvalue weighted by molar-refractivity contribution is 6.01. The fourth-order valence-corrected chi connectivity index (χ4v) is 6.50. The van der Waals surface area contributed by atoms with Crippen LogP contribution in [0.4, 0.5) is 5.69 Å². The Kier molecular flexibility index (Phi) is 8.33. The van der Waals surface area contributed by atoms with Gasteiger partial charge < -0.3 is 29.2 Å². The highest BCUT2D eigenvalue weighted by Crippen LogP contribution is 2.37. The Morgan fingerprint density at radius 1 is 1.00 bits per heavy atom. The predicted octanol–water partition coefficient (Wildman–Crippen LogP) is 4.24. The molecule has 0 spiro atoms. The molecule has 1 N–H and O–H groups in total. The lowest BCUT2D eigenvalue weighted by atomic mass is 9.89. The molecule has 1 atom stereocenters. The number of fused-ring (bicyclic) bond motifs is 8. The number of anilines is 1. The number of morpholine rings is 1. The average Bonchev–Trinajstić information content (AvgIpc) is 3.57. The van der Waals surface area contributed by atoms with Crippen molar-refractivity contribution < 1.29 is 28.5 Å². The topological polar surface area (TPSA) is 107 Å². The summed E-state index contributed by atoms with van der Waals surface area (Å²) in [5.74, 6) is 1.55. The normalized spacial score (nSPS) is 18.1. The predicted molar refractivity (Wildman–Crippen MR) is 172 cm³/mol. The van der Waals surface area contributed by atoms with E-state index in [1.807, 2.05) is 30.5 Å². The molecule has 0 aliphatic carbocycles. The lowest BCUT2D eigenvalue weighted by Crippen LogP contribution is -2.40. The minimum Gasteiger partial charge on any atom is -0.497 e. The van der Waals surface area contributed by atoms with E-state index in [1.165, 1.54) is 0 Å². The van der Waals surface area contributed by atoms with E-state index in [9.17, 15) is 9.59 Å². The number of carbonyl (C=O) groups excluding carboxylic acids is 2. The van der Waals surface area contributed by atoms with E-state index in [4.69, 9.17) is 23.9 Å². The Morgan fingerprint density at radius 3 is 2.70 bits per heavy atom. The summed E-state index contributed by atoms with van der Waals surface area (Å²) in [6, 6.07) is 17.7. The number of ether oxygens (including phenoxy) is 4. The van der Waals surface area contributed by atoms with Crippen LogP contribution in [0.2, 0.25) is 0 Å². The molecule has 0 saturated carbocycles. The molecule has 2 amide bonds. The van der Waals surface area contributed by atoms with Gasteiger partial charge in [-0.15, -0.1) is 0 Å². The van der Waals surface area contributed by atoms with E-state index in [1.54, 1.807) is 37.4 Å². The van der Waals surface area contributed by atoms with Gasteiger partial charge in [0.2, 0.25) is 11.8 Å². The molecule has 1 saturated heterocycles. The molecule has 3 aliphatic heterocycles. The molecule has 0 radical (unpaired) electrons. The third-order valence-electron chi connectivity index (χ3n) is 8.79. The molecule has 1 unspecified atom stereocenters. The molecule has 46 heavy (non-hydrogen) atoms. The van der Waals surface area contributed by atoms with Gasteiger partial charge in [-0.2, -0.15) is 0 Å². The van der Waals surface area contributed by atoms with Crippen LogP contribution in [-0.2, 0) is 27.4 Å². The minimum absolute atomic E-state index is 0.0486. The number of carbonyl (C=O) groups is 2. The Morgan fingerprint density at radius 2 is 1.87 bits per heavy atom. The zero-order valence-corrected chi connectivity index (χ0v) is 26.0. The zero-order chi connectivity index (χ0) is 31.6. The number of benzene rings is 3. The van der Waals surface area contributed by atoms with Crippen LogP contribution in [0, 0.1) is 0 Å². The molecular formula is C35H37N5O6. The molecule has 11 heteroatoms. The molecule has 4 aromatic rings. The lowest BCUT2D eigenvalue weighted by Gasteiger charge is -2.31. The van der Waals surface area contributed by atoms with Crippen LogP contribution in [0.1, 0.15) is 29.0 Å². The number of nitrogens with zero attached hydrogens (tertiary/aromatic N) is 4. The fraction of sp³-hybridized carbons (Fsp3) is 0.343. The van der Waals surface area contributed by atoms with E-state index in [2.05, 4.69) is 33.0 Å². The van der Waals surface area contributed by atoms with Crippen molar-refractivity contribution in [2.75, 3.05) is 59.0 Å². The first-order valence-electron chi connectivity index (χ1n) is 15.5. The number of hydrogen-bond donors (Lipinski definition) is 1. The molecule has 1 fully saturated rings. The van der Waals surface area contributed by atoms with Gasteiger partial charge in [-0.1, -0.05) is 6.07 Å². The van der Waals surface area contributed by atoms with Crippen molar-refractivity contribution in [3.05, 3.63) is 83.7 Å². The van der Waals surface area contributed by atoms with Crippen LogP contribution in [0.3, 0.4) is 0 Å². The molecule has 3 aromatic carbocycles. The first-order chi connectivity index (χ1) is 22.5. The standard InChI is InChI=1S/C35H37N5O6/c1-43-27-4-5-30-28(19-27)29(20-33(41)37-30)35(42)39-11-14-46-32-18-25(3-6-31(32)44-2)34-36-7-8-40(34)26-16-23(15-24(17-26)22-39)21-38-9-12-45-13-10-38/h3-8,15-19,29H,9-14,20-22H2,1-2H3,(H,37,41). The number of methoxy groups -OCH3 is 2. The number of rotatable bonds is 5. The molecule has 11 nitrogen and oxygen atoms in total. The van der Waals surface area contributed by atoms with Crippen LogP contribution in [0.5, 0.6) is 17.2 Å². The van der Waals surface area contributed by atoms with Crippen LogP contribution in [-0.4, -0.2) is 84.8 Å². The smallest absolute Gasteiger partial charge is 0.231 e. The lowest BCUT2D eigenvalue weighted by molar-refractivity contribution is -0.135. The first kappa shape index (κ1) is 29.8. The second-order valence-corrected chi connectivity index (χ2v) is 11.7. The van der Waals surface area contributed by atoms with Gasteiger partial charge in [-0.3, -0.25) is 19.1 Å². The van der Waals surface area contributed by atoms with Crippen LogP contribution < -0.4 is 19.5 Å². The quantitative estimate of drug-likeness (QED) is 0.352. The van der Waals surface area contributed by atoms with E-state index < -0.39 is 5.92 Å². The van der Waals surface area contributed by atoms with E-state index in [0.29, 0.717) is 49.2 Å². The van der Waals surface area contributed by atoms with Gasteiger partial charge >= 0.3 is 0 Å². The van der Waals surface area contributed by atoms with Crippen molar-refractivity contribution in [3.8, 4) is 34.3 Å². The summed E-state index contributed by atoms with van der Waals surface area (Å²) in [6.45, 7) is 4.76. The van der Waals surface area contributed by atoms with Gasteiger partial charge in [0.15, 0.2) is 11.5 Å². The molecule has 3 aliphatic rings. The molecule has 4 bridgehead atoms. The number of amides is 2. The minimum atomic E-state index is -0.663. The summed E-state index contributed by atoms with van der Waals surface area (Å²) in [7, 11) is 3.19.